The second kappa shape index (κ2) is 13.9. The van der Waals surface area contributed by atoms with Crippen LogP contribution in [0.5, 0.6) is 0 Å². The molecule has 23 heavy (non-hydrogen) atoms. The fourth-order valence-corrected chi connectivity index (χ4v) is 3.09. The summed E-state index contributed by atoms with van der Waals surface area (Å²) in [7, 11) is 3.27. The summed E-state index contributed by atoms with van der Waals surface area (Å²) in [6, 6.07) is 0. The van der Waals surface area contributed by atoms with E-state index in [4.69, 9.17) is 18.9 Å². The summed E-state index contributed by atoms with van der Waals surface area (Å²) >= 11 is 0. The molecule has 0 heterocycles. The van der Waals surface area contributed by atoms with Crippen LogP contribution in [0.25, 0.3) is 0 Å². The van der Waals surface area contributed by atoms with Crippen molar-refractivity contribution in [1.29, 1.82) is 0 Å². The minimum atomic E-state index is -0.207. The number of carbonyl (C=O) groups excluding carboxylic acids is 1. The van der Waals surface area contributed by atoms with E-state index in [2.05, 4.69) is 0 Å². The van der Waals surface area contributed by atoms with E-state index in [0.29, 0.717) is 18.8 Å². The van der Waals surface area contributed by atoms with Crippen molar-refractivity contribution in [3.05, 3.63) is 0 Å². The third-order valence-electron chi connectivity index (χ3n) is 4.50. The van der Waals surface area contributed by atoms with Crippen LogP contribution in [0.3, 0.4) is 0 Å². The van der Waals surface area contributed by atoms with Crippen LogP contribution in [-0.4, -0.2) is 52.2 Å². The molecule has 0 atom stereocenters. The van der Waals surface area contributed by atoms with Gasteiger partial charge in [-0.2, -0.15) is 0 Å². The van der Waals surface area contributed by atoms with Crippen molar-refractivity contribution in [3.63, 3.8) is 0 Å². The first-order valence-corrected chi connectivity index (χ1v) is 9.02. The zero-order valence-corrected chi connectivity index (χ0v) is 14.8. The van der Waals surface area contributed by atoms with Crippen molar-refractivity contribution in [1.82, 2.24) is 0 Å². The second-order valence-electron chi connectivity index (χ2n) is 6.25. The first-order chi connectivity index (χ1) is 11.3. The SMILES string of the molecule is COC(COC1CCCCC1)OC.O=CCOC1CCCCC1. The molecule has 0 unspecified atom stereocenters. The summed E-state index contributed by atoms with van der Waals surface area (Å²) in [4.78, 5) is 9.92. The summed E-state index contributed by atoms with van der Waals surface area (Å²) in [6.45, 7) is 0.836. The summed E-state index contributed by atoms with van der Waals surface area (Å²) in [5.41, 5.74) is 0. The molecule has 0 aliphatic heterocycles. The molecule has 0 amide bonds. The Hall–Kier alpha value is -0.490. The molecule has 0 radical (unpaired) electrons. The highest BCUT2D eigenvalue weighted by atomic mass is 16.7. The van der Waals surface area contributed by atoms with Gasteiger partial charge in [-0.3, -0.25) is 0 Å². The zero-order valence-electron chi connectivity index (χ0n) is 14.8. The highest BCUT2D eigenvalue weighted by Gasteiger charge is 2.15. The fraction of sp³-hybridized carbons (Fsp3) is 0.944. The Kier molecular flexibility index (Phi) is 12.4. The Balaban J connectivity index is 0.000000238. The Morgan fingerprint density at radius 2 is 1.30 bits per heavy atom. The quantitative estimate of drug-likeness (QED) is 0.504. The van der Waals surface area contributed by atoms with Gasteiger partial charge in [-0.15, -0.1) is 0 Å². The Labute approximate surface area is 141 Å². The summed E-state index contributed by atoms with van der Waals surface area (Å²) < 4.78 is 21.0. The van der Waals surface area contributed by atoms with Gasteiger partial charge in [0, 0.05) is 14.2 Å². The Bertz CT molecular complexity index is 269. The third kappa shape index (κ3) is 10.1. The molecule has 2 fully saturated rings. The number of hydrogen-bond donors (Lipinski definition) is 0. The van der Waals surface area contributed by atoms with Gasteiger partial charge in [-0.05, 0) is 25.7 Å². The molecule has 5 heteroatoms. The molecule has 2 saturated carbocycles. The maximum absolute atomic E-state index is 9.92. The van der Waals surface area contributed by atoms with Crippen LogP contribution in [-0.2, 0) is 23.7 Å². The van der Waals surface area contributed by atoms with E-state index in [1.54, 1.807) is 14.2 Å². The van der Waals surface area contributed by atoms with Crippen LogP contribution in [0.4, 0.5) is 0 Å². The number of hydrogen-bond acceptors (Lipinski definition) is 5. The predicted octanol–water partition coefficient (Wildman–Crippen LogP) is 3.49. The average molecular weight is 330 g/mol. The molecule has 0 N–H and O–H groups in total. The van der Waals surface area contributed by atoms with E-state index in [9.17, 15) is 4.79 Å². The molecular formula is C18H34O5. The average Bonchev–Trinajstić information content (AvgIpc) is 2.63. The van der Waals surface area contributed by atoms with Crippen LogP contribution >= 0.6 is 0 Å². The maximum Gasteiger partial charge on any atom is 0.180 e. The van der Waals surface area contributed by atoms with E-state index in [1.165, 1.54) is 51.4 Å². The van der Waals surface area contributed by atoms with Crippen LogP contribution in [0.15, 0.2) is 0 Å². The van der Waals surface area contributed by atoms with Crippen LogP contribution in [0, 0.1) is 0 Å². The fourth-order valence-electron chi connectivity index (χ4n) is 3.09. The minimum absolute atomic E-state index is 0.207. The van der Waals surface area contributed by atoms with E-state index in [0.717, 1.165) is 19.1 Å². The van der Waals surface area contributed by atoms with Crippen molar-refractivity contribution in [2.24, 2.45) is 0 Å². The van der Waals surface area contributed by atoms with E-state index in [1.807, 2.05) is 0 Å². The van der Waals surface area contributed by atoms with E-state index >= 15 is 0 Å². The number of carbonyl (C=O) groups is 1. The van der Waals surface area contributed by atoms with Gasteiger partial charge in [0.25, 0.3) is 0 Å². The minimum Gasteiger partial charge on any atom is -0.373 e. The molecular weight excluding hydrogens is 296 g/mol. The molecule has 0 saturated heterocycles. The normalized spacial score (nSPS) is 20.1. The van der Waals surface area contributed by atoms with Crippen molar-refractivity contribution < 1.29 is 23.7 Å². The highest BCUT2D eigenvalue weighted by Crippen LogP contribution is 2.20. The van der Waals surface area contributed by atoms with Gasteiger partial charge in [0.05, 0.1) is 18.8 Å². The Morgan fingerprint density at radius 1 is 0.826 bits per heavy atom. The summed E-state index contributed by atoms with van der Waals surface area (Å²) in [5, 5.41) is 0. The number of methoxy groups -OCH3 is 2. The molecule has 2 aliphatic rings. The predicted molar refractivity (Wildman–Crippen MR) is 89.5 cm³/mol. The van der Waals surface area contributed by atoms with Crippen molar-refractivity contribution in [3.8, 4) is 0 Å². The second-order valence-corrected chi connectivity index (χ2v) is 6.25. The first kappa shape index (κ1) is 20.6. The number of rotatable bonds is 8. The zero-order chi connectivity index (χ0) is 16.8. The van der Waals surface area contributed by atoms with Crippen LogP contribution < -0.4 is 0 Å². The first-order valence-electron chi connectivity index (χ1n) is 9.02. The molecule has 0 bridgehead atoms. The van der Waals surface area contributed by atoms with Gasteiger partial charge in [-0.1, -0.05) is 38.5 Å². The smallest absolute Gasteiger partial charge is 0.180 e. The van der Waals surface area contributed by atoms with Crippen LogP contribution in [0.1, 0.15) is 64.2 Å². The molecule has 2 rings (SSSR count). The van der Waals surface area contributed by atoms with Gasteiger partial charge >= 0.3 is 0 Å². The maximum atomic E-state index is 9.92. The number of ether oxygens (including phenoxy) is 4. The topological polar surface area (TPSA) is 54.0 Å². The lowest BCUT2D eigenvalue weighted by Crippen LogP contribution is -2.26. The molecule has 0 aromatic rings. The lowest BCUT2D eigenvalue weighted by Gasteiger charge is -2.23. The lowest BCUT2D eigenvalue weighted by atomic mass is 9.98. The standard InChI is InChI=1S/C10H20O3.C8H14O2/c1-11-10(12-2)8-13-9-6-4-3-5-7-9;9-6-7-10-8-4-2-1-3-5-8/h9-10H,3-8H2,1-2H3;6,8H,1-5,7H2. The number of aldehydes is 1. The van der Waals surface area contributed by atoms with E-state index < -0.39 is 0 Å². The molecule has 0 aromatic carbocycles. The summed E-state index contributed by atoms with van der Waals surface area (Å²) in [6.07, 6.45) is 13.9. The van der Waals surface area contributed by atoms with Crippen molar-refractivity contribution in [2.45, 2.75) is 82.7 Å². The summed E-state index contributed by atoms with van der Waals surface area (Å²) in [5.74, 6) is 0. The van der Waals surface area contributed by atoms with E-state index in [-0.39, 0.29) is 12.9 Å². The van der Waals surface area contributed by atoms with Gasteiger partial charge in [-0.25, -0.2) is 0 Å². The molecule has 0 aromatic heterocycles. The van der Waals surface area contributed by atoms with Crippen molar-refractivity contribution >= 4 is 6.29 Å². The highest BCUT2D eigenvalue weighted by molar-refractivity contribution is 5.50. The van der Waals surface area contributed by atoms with Crippen LogP contribution in [0.2, 0.25) is 0 Å². The largest absolute Gasteiger partial charge is 0.373 e. The molecule has 2 aliphatic carbocycles. The molecule has 0 spiro atoms. The third-order valence-corrected chi connectivity index (χ3v) is 4.50. The lowest BCUT2D eigenvalue weighted by molar-refractivity contribution is -0.154. The monoisotopic (exact) mass is 330 g/mol. The molecule has 5 nitrogen and oxygen atoms in total. The van der Waals surface area contributed by atoms with Gasteiger partial charge < -0.3 is 23.7 Å². The van der Waals surface area contributed by atoms with Gasteiger partial charge in [0.1, 0.15) is 12.9 Å². The molecule has 136 valence electrons. The van der Waals surface area contributed by atoms with Gasteiger partial charge in [0.2, 0.25) is 0 Å². The Morgan fingerprint density at radius 3 is 1.74 bits per heavy atom. The van der Waals surface area contributed by atoms with Gasteiger partial charge in [0.15, 0.2) is 6.29 Å². The van der Waals surface area contributed by atoms with Crippen molar-refractivity contribution in [2.75, 3.05) is 27.4 Å².